The van der Waals surface area contributed by atoms with Gasteiger partial charge in [0.1, 0.15) is 0 Å². The van der Waals surface area contributed by atoms with Crippen molar-refractivity contribution in [1.29, 1.82) is 0 Å². The average Bonchev–Trinajstić information content (AvgIpc) is 2.84. The summed E-state index contributed by atoms with van der Waals surface area (Å²) in [6.07, 6.45) is 2.62. The predicted molar refractivity (Wildman–Crippen MR) is 59.9 cm³/mol. The molecule has 0 radical (unpaired) electrons. The lowest BCUT2D eigenvalue weighted by Crippen LogP contribution is -2.17. The Morgan fingerprint density at radius 1 is 1.21 bits per heavy atom. The van der Waals surface area contributed by atoms with Gasteiger partial charge in [-0.05, 0) is 12.1 Å². The monoisotopic (exact) mass is 267 g/mol. The molecule has 0 saturated heterocycles. The number of carbonyl (C=O) groups excluding carboxylic acids is 1. The Kier molecular flexibility index (Phi) is 3.23. The summed E-state index contributed by atoms with van der Waals surface area (Å²) in [5.41, 5.74) is -0.835. The normalized spacial score (nSPS) is 10.2. The summed E-state index contributed by atoms with van der Waals surface area (Å²) in [5.74, 6) is -5.05. The maximum absolute atomic E-state index is 13.1. The zero-order valence-electron chi connectivity index (χ0n) is 9.28. The largest absolute Gasteiger partial charge is 0.478 e. The van der Waals surface area contributed by atoms with E-state index in [0.29, 0.717) is 12.1 Å². The molecule has 1 heterocycles. The van der Waals surface area contributed by atoms with E-state index in [-0.39, 0.29) is 5.69 Å². The topological polar surface area (TPSA) is 95.1 Å². The van der Waals surface area contributed by atoms with Crippen LogP contribution in [0.3, 0.4) is 0 Å². The molecule has 0 fully saturated rings. The minimum atomic E-state index is -1.53. The molecule has 1 aromatic carbocycles. The van der Waals surface area contributed by atoms with Gasteiger partial charge in [0.15, 0.2) is 11.6 Å². The van der Waals surface area contributed by atoms with Crippen LogP contribution in [-0.2, 0) is 0 Å². The summed E-state index contributed by atoms with van der Waals surface area (Å²) in [7, 11) is 0. The van der Waals surface area contributed by atoms with E-state index >= 15 is 0 Å². The smallest absolute Gasteiger partial charge is 0.336 e. The molecule has 0 unspecified atom stereocenters. The number of carboxylic acids is 1. The van der Waals surface area contributed by atoms with Gasteiger partial charge in [-0.2, -0.15) is 5.10 Å². The van der Waals surface area contributed by atoms with Crippen LogP contribution in [0.15, 0.2) is 24.5 Å². The van der Waals surface area contributed by atoms with Gasteiger partial charge in [-0.15, -0.1) is 0 Å². The van der Waals surface area contributed by atoms with Crippen LogP contribution in [0.1, 0.15) is 20.7 Å². The number of aromatic amines is 1. The number of halogens is 2. The van der Waals surface area contributed by atoms with Crippen molar-refractivity contribution in [1.82, 2.24) is 10.2 Å². The molecule has 6 nitrogen and oxygen atoms in total. The van der Waals surface area contributed by atoms with Gasteiger partial charge in [-0.3, -0.25) is 9.89 Å². The molecule has 19 heavy (non-hydrogen) atoms. The van der Waals surface area contributed by atoms with Crippen LogP contribution >= 0.6 is 0 Å². The molecular weight excluding hydrogens is 260 g/mol. The molecule has 0 aliphatic carbocycles. The second-order valence-corrected chi connectivity index (χ2v) is 3.56. The van der Waals surface area contributed by atoms with Crippen molar-refractivity contribution in [2.24, 2.45) is 0 Å². The van der Waals surface area contributed by atoms with Crippen LogP contribution in [0.4, 0.5) is 14.5 Å². The Morgan fingerprint density at radius 3 is 2.37 bits per heavy atom. The van der Waals surface area contributed by atoms with Crippen LogP contribution in [0.25, 0.3) is 0 Å². The van der Waals surface area contributed by atoms with Gasteiger partial charge in [0.05, 0.1) is 23.0 Å². The van der Waals surface area contributed by atoms with Crippen molar-refractivity contribution in [3.8, 4) is 0 Å². The number of hydrogen-bond acceptors (Lipinski definition) is 3. The number of nitrogens with one attached hydrogen (secondary N) is 2. The molecule has 98 valence electrons. The Balaban J connectivity index is 2.40. The van der Waals surface area contributed by atoms with E-state index in [2.05, 4.69) is 15.5 Å². The van der Waals surface area contributed by atoms with E-state index in [1.807, 2.05) is 0 Å². The SMILES string of the molecule is O=C(O)c1cc(F)c(F)cc1C(=O)Nc1cn[nH]c1. The lowest BCUT2D eigenvalue weighted by Gasteiger charge is -2.07. The highest BCUT2D eigenvalue weighted by Crippen LogP contribution is 2.17. The third kappa shape index (κ3) is 2.57. The van der Waals surface area contributed by atoms with Crippen LogP contribution in [-0.4, -0.2) is 27.2 Å². The van der Waals surface area contributed by atoms with E-state index in [9.17, 15) is 18.4 Å². The van der Waals surface area contributed by atoms with Crippen molar-refractivity contribution in [2.45, 2.75) is 0 Å². The first kappa shape index (κ1) is 12.7. The molecule has 8 heteroatoms. The van der Waals surface area contributed by atoms with E-state index in [4.69, 9.17) is 5.11 Å². The second-order valence-electron chi connectivity index (χ2n) is 3.56. The maximum Gasteiger partial charge on any atom is 0.336 e. The number of aromatic nitrogens is 2. The van der Waals surface area contributed by atoms with Gasteiger partial charge >= 0.3 is 5.97 Å². The van der Waals surface area contributed by atoms with Crippen molar-refractivity contribution < 1.29 is 23.5 Å². The summed E-state index contributed by atoms with van der Waals surface area (Å²) >= 11 is 0. The van der Waals surface area contributed by atoms with E-state index in [0.717, 1.165) is 0 Å². The summed E-state index contributed by atoms with van der Waals surface area (Å²) in [5, 5.41) is 17.2. The third-order valence-electron chi connectivity index (χ3n) is 2.29. The minimum absolute atomic E-state index is 0.270. The fraction of sp³-hybridized carbons (Fsp3) is 0. The summed E-state index contributed by atoms with van der Waals surface area (Å²) in [4.78, 5) is 22.7. The van der Waals surface area contributed by atoms with Gasteiger partial charge in [-0.25, -0.2) is 13.6 Å². The summed E-state index contributed by atoms with van der Waals surface area (Å²) < 4.78 is 26.1. The third-order valence-corrected chi connectivity index (χ3v) is 2.29. The molecule has 2 aromatic rings. The lowest BCUT2D eigenvalue weighted by atomic mass is 10.1. The van der Waals surface area contributed by atoms with Gasteiger partial charge in [0.25, 0.3) is 5.91 Å². The first-order chi connectivity index (χ1) is 8.99. The van der Waals surface area contributed by atoms with Crippen LogP contribution in [0, 0.1) is 11.6 Å². The highest BCUT2D eigenvalue weighted by Gasteiger charge is 2.20. The van der Waals surface area contributed by atoms with E-state index in [1.54, 1.807) is 0 Å². The van der Waals surface area contributed by atoms with Crippen molar-refractivity contribution >= 4 is 17.6 Å². The first-order valence-electron chi connectivity index (χ1n) is 5.01. The number of aromatic carboxylic acids is 1. The van der Waals surface area contributed by atoms with Crippen LogP contribution < -0.4 is 5.32 Å². The van der Waals surface area contributed by atoms with Crippen LogP contribution in [0.5, 0.6) is 0 Å². The number of nitrogens with zero attached hydrogens (tertiary/aromatic N) is 1. The molecule has 0 aliphatic heterocycles. The zero-order chi connectivity index (χ0) is 14.0. The Labute approximate surface area is 105 Å². The summed E-state index contributed by atoms with van der Waals surface area (Å²) in [6, 6.07) is 0.996. The zero-order valence-corrected chi connectivity index (χ0v) is 9.28. The summed E-state index contributed by atoms with van der Waals surface area (Å²) in [6.45, 7) is 0. The van der Waals surface area contributed by atoms with Crippen molar-refractivity contribution in [3.05, 3.63) is 47.3 Å². The van der Waals surface area contributed by atoms with Gasteiger partial charge in [0.2, 0.25) is 0 Å². The molecule has 1 aromatic heterocycles. The lowest BCUT2D eigenvalue weighted by molar-refractivity contribution is 0.0691. The fourth-order valence-electron chi connectivity index (χ4n) is 1.43. The van der Waals surface area contributed by atoms with Gasteiger partial charge < -0.3 is 10.4 Å². The van der Waals surface area contributed by atoms with E-state index in [1.165, 1.54) is 12.4 Å². The van der Waals surface area contributed by atoms with Crippen molar-refractivity contribution in [3.63, 3.8) is 0 Å². The Hall–Kier alpha value is -2.77. The molecule has 0 bridgehead atoms. The fourth-order valence-corrected chi connectivity index (χ4v) is 1.43. The molecular formula is C11H7F2N3O3. The minimum Gasteiger partial charge on any atom is -0.478 e. The Bertz CT molecular complexity index is 641. The first-order valence-corrected chi connectivity index (χ1v) is 5.01. The number of H-pyrrole nitrogens is 1. The number of hydrogen-bond donors (Lipinski definition) is 3. The standard InChI is InChI=1S/C11H7F2N3O3/c12-8-1-6(7(11(18)19)2-9(8)13)10(17)16-5-3-14-15-4-5/h1-4H,(H,14,15)(H,16,17)(H,18,19). The number of rotatable bonds is 3. The van der Waals surface area contributed by atoms with Gasteiger partial charge in [0, 0.05) is 6.20 Å². The molecule has 0 saturated carbocycles. The molecule has 0 atom stereocenters. The molecule has 3 N–H and O–H groups in total. The molecule has 0 aliphatic rings. The maximum atomic E-state index is 13.1. The average molecular weight is 267 g/mol. The highest BCUT2D eigenvalue weighted by atomic mass is 19.2. The quantitative estimate of drug-likeness (QED) is 0.787. The molecule has 2 rings (SSSR count). The number of benzene rings is 1. The number of anilines is 1. The van der Waals surface area contributed by atoms with Crippen LogP contribution in [0.2, 0.25) is 0 Å². The molecule has 0 spiro atoms. The number of carboxylic acid groups (broad SMARTS) is 1. The number of carbonyl (C=O) groups is 2. The van der Waals surface area contributed by atoms with E-state index < -0.39 is 34.6 Å². The Morgan fingerprint density at radius 2 is 1.84 bits per heavy atom. The predicted octanol–water partition coefficient (Wildman–Crippen LogP) is 1.64. The highest BCUT2D eigenvalue weighted by molar-refractivity contribution is 6.10. The number of amides is 1. The van der Waals surface area contributed by atoms with Gasteiger partial charge in [-0.1, -0.05) is 0 Å². The molecule has 1 amide bonds. The second kappa shape index (κ2) is 4.84. The van der Waals surface area contributed by atoms with Crippen molar-refractivity contribution in [2.75, 3.05) is 5.32 Å².